The molecule has 0 aliphatic heterocycles. The zero-order chi connectivity index (χ0) is 10.8. The summed E-state index contributed by atoms with van der Waals surface area (Å²) < 4.78 is 0.683. The summed E-state index contributed by atoms with van der Waals surface area (Å²) in [6.07, 6.45) is 3.61. The number of aromatic nitrogens is 1. The summed E-state index contributed by atoms with van der Waals surface area (Å²) in [4.78, 5) is 2.94. The summed E-state index contributed by atoms with van der Waals surface area (Å²) in [6.45, 7) is 0. The SMILES string of the molecule is N#Cc1c(-c2cc[nH]c2)cc(=S)sc1N. The van der Waals surface area contributed by atoms with Crippen molar-refractivity contribution in [3.8, 4) is 17.2 Å². The van der Waals surface area contributed by atoms with Gasteiger partial charge in [-0.3, -0.25) is 0 Å². The van der Waals surface area contributed by atoms with E-state index in [1.165, 1.54) is 11.3 Å². The number of nitrogens with two attached hydrogens (primary N) is 1. The summed E-state index contributed by atoms with van der Waals surface area (Å²) in [5, 5.41) is 9.49. The molecule has 74 valence electrons. The van der Waals surface area contributed by atoms with Gasteiger partial charge in [0.15, 0.2) is 0 Å². The molecule has 0 saturated carbocycles. The van der Waals surface area contributed by atoms with Crippen molar-refractivity contribution in [1.82, 2.24) is 4.98 Å². The molecule has 3 N–H and O–H groups in total. The van der Waals surface area contributed by atoms with E-state index in [-0.39, 0.29) is 0 Å². The van der Waals surface area contributed by atoms with E-state index >= 15 is 0 Å². The van der Waals surface area contributed by atoms with E-state index in [1.54, 1.807) is 12.3 Å². The predicted molar refractivity (Wildman–Crippen MR) is 64.1 cm³/mol. The summed E-state index contributed by atoms with van der Waals surface area (Å²) in [5.41, 5.74) is 7.97. The Bertz CT molecular complexity index is 576. The average molecular weight is 233 g/mol. The minimum absolute atomic E-state index is 0.473. The molecule has 2 rings (SSSR count). The highest BCUT2D eigenvalue weighted by Gasteiger charge is 2.09. The van der Waals surface area contributed by atoms with E-state index in [0.29, 0.717) is 14.4 Å². The zero-order valence-electron chi connectivity index (χ0n) is 7.65. The van der Waals surface area contributed by atoms with Crippen molar-refractivity contribution in [2.75, 3.05) is 5.73 Å². The van der Waals surface area contributed by atoms with Crippen molar-refractivity contribution in [1.29, 1.82) is 5.26 Å². The van der Waals surface area contributed by atoms with E-state index in [4.69, 9.17) is 23.2 Å². The first-order chi connectivity index (χ1) is 7.22. The van der Waals surface area contributed by atoms with Gasteiger partial charge in [0.05, 0.1) is 9.39 Å². The van der Waals surface area contributed by atoms with Crippen molar-refractivity contribution >= 4 is 28.6 Å². The summed E-state index contributed by atoms with van der Waals surface area (Å²) in [6, 6.07) is 5.79. The van der Waals surface area contributed by atoms with E-state index in [2.05, 4.69) is 11.1 Å². The quantitative estimate of drug-likeness (QED) is 0.744. The Kier molecular flexibility index (Phi) is 2.54. The van der Waals surface area contributed by atoms with Crippen LogP contribution in [0.4, 0.5) is 5.00 Å². The fourth-order valence-corrected chi connectivity index (χ4v) is 2.38. The number of hydrogen-bond donors (Lipinski definition) is 2. The van der Waals surface area contributed by atoms with E-state index in [1.807, 2.05) is 12.3 Å². The molecule has 2 aromatic rings. The standard InChI is InChI=1S/C10H7N3S2/c11-4-8-7(6-1-2-13-5-6)3-9(14)15-10(8)12/h1-3,5,13H,12H2. The molecule has 2 aromatic heterocycles. The molecule has 0 bridgehead atoms. The molecule has 3 nitrogen and oxygen atoms in total. The lowest BCUT2D eigenvalue weighted by atomic mass is 10.1. The summed E-state index contributed by atoms with van der Waals surface area (Å²) in [5.74, 6) is 0. The van der Waals surface area contributed by atoms with Gasteiger partial charge < -0.3 is 10.7 Å². The lowest BCUT2D eigenvalue weighted by Gasteiger charge is -2.02. The van der Waals surface area contributed by atoms with Crippen LogP contribution in [0.25, 0.3) is 11.1 Å². The fourth-order valence-electron chi connectivity index (χ4n) is 1.35. The molecular weight excluding hydrogens is 226 g/mol. The van der Waals surface area contributed by atoms with Crippen LogP contribution < -0.4 is 5.73 Å². The second kappa shape index (κ2) is 3.85. The van der Waals surface area contributed by atoms with Crippen LogP contribution >= 0.6 is 23.6 Å². The molecule has 15 heavy (non-hydrogen) atoms. The Morgan fingerprint density at radius 3 is 2.93 bits per heavy atom. The van der Waals surface area contributed by atoms with Gasteiger partial charge >= 0.3 is 0 Å². The highest BCUT2D eigenvalue weighted by atomic mass is 32.1. The number of nitrogens with zero attached hydrogens (tertiary/aromatic N) is 1. The molecule has 0 aliphatic carbocycles. The molecular formula is C10H7N3S2. The maximum absolute atomic E-state index is 9.02. The number of nitriles is 1. The lowest BCUT2D eigenvalue weighted by Crippen LogP contribution is -1.90. The number of hydrogen-bond acceptors (Lipinski definition) is 4. The predicted octanol–water partition coefficient (Wildman–Crippen LogP) is 2.93. The Labute approximate surface area is 95.8 Å². The van der Waals surface area contributed by atoms with Crippen LogP contribution in [0.1, 0.15) is 5.56 Å². The third-order valence-corrected chi connectivity index (χ3v) is 3.12. The van der Waals surface area contributed by atoms with E-state index < -0.39 is 0 Å². The molecule has 0 amide bonds. The van der Waals surface area contributed by atoms with Crippen molar-refractivity contribution < 1.29 is 0 Å². The van der Waals surface area contributed by atoms with Crippen LogP contribution in [0.2, 0.25) is 0 Å². The fraction of sp³-hybridized carbons (Fsp3) is 0. The summed E-state index contributed by atoms with van der Waals surface area (Å²) >= 11 is 6.34. The van der Waals surface area contributed by atoms with Gasteiger partial charge in [-0.05, 0) is 12.1 Å². The van der Waals surface area contributed by atoms with Crippen molar-refractivity contribution in [3.05, 3.63) is 33.9 Å². The number of anilines is 1. The van der Waals surface area contributed by atoms with Gasteiger partial charge in [-0.2, -0.15) is 5.26 Å². The minimum Gasteiger partial charge on any atom is -0.389 e. The molecule has 2 heterocycles. The molecule has 0 saturated heterocycles. The number of rotatable bonds is 1. The van der Waals surface area contributed by atoms with Crippen LogP contribution in [-0.2, 0) is 0 Å². The first-order valence-electron chi connectivity index (χ1n) is 4.19. The van der Waals surface area contributed by atoms with Crippen LogP contribution in [0.5, 0.6) is 0 Å². The van der Waals surface area contributed by atoms with Crippen LogP contribution in [0.3, 0.4) is 0 Å². The van der Waals surface area contributed by atoms with Gasteiger partial charge in [0.2, 0.25) is 0 Å². The second-order valence-corrected chi connectivity index (χ2v) is 4.71. The summed E-state index contributed by atoms with van der Waals surface area (Å²) in [7, 11) is 0. The number of H-pyrrole nitrogens is 1. The van der Waals surface area contributed by atoms with Gasteiger partial charge in [0, 0.05) is 23.5 Å². The van der Waals surface area contributed by atoms with Gasteiger partial charge in [-0.1, -0.05) is 12.2 Å². The normalized spacial score (nSPS) is 9.80. The average Bonchev–Trinajstić information content (AvgIpc) is 2.69. The Morgan fingerprint density at radius 1 is 1.53 bits per heavy atom. The molecule has 0 aliphatic rings. The monoisotopic (exact) mass is 233 g/mol. The van der Waals surface area contributed by atoms with Crippen molar-refractivity contribution in [2.24, 2.45) is 0 Å². The van der Waals surface area contributed by atoms with Crippen LogP contribution in [-0.4, -0.2) is 4.98 Å². The molecule has 5 heteroatoms. The molecule has 0 fully saturated rings. The zero-order valence-corrected chi connectivity index (χ0v) is 9.28. The topological polar surface area (TPSA) is 65.6 Å². The third-order valence-electron chi connectivity index (χ3n) is 2.01. The van der Waals surface area contributed by atoms with Gasteiger partial charge in [0.1, 0.15) is 11.1 Å². The van der Waals surface area contributed by atoms with E-state index in [9.17, 15) is 0 Å². The highest BCUT2D eigenvalue weighted by molar-refractivity contribution is 7.73. The Balaban J connectivity index is 2.77. The Hall–Kier alpha value is -1.64. The lowest BCUT2D eigenvalue weighted by molar-refractivity contribution is 1.41. The van der Waals surface area contributed by atoms with Gasteiger partial charge in [0.25, 0.3) is 0 Å². The first kappa shape index (κ1) is 9.90. The number of aromatic amines is 1. The maximum atomic E-state index is 9.02. The number of nitrogen functional groups attached to an aromatic ring is 1. The molecule has 0 radical (unpaired) electrons. The smallest absolute Gasteiger partial charge is 0.106 e. The third kappa shape index (κ3) is 1.77. The molecule has 0 unspecified atom stereocenters. The highest BCUT2D eigenvalue weighted by Crippen LogP contribution is 2.30. The molecule has 0 aromatic carbocycles. The largest absolute Gasteiger partial charge is 0.389 e. The van der Waals surface area contributed by atoms with Crippen molar-refractivity contribution in [3.63, 3.8) is 0 Å². The van der Waals surface area contributed by atoms with E-state index in [0.717, 1.165) is 11.1 Å². The van der Waals surface area contributed by atoms with Crippen molar-refractivity contribution in [2.45, 2.75) is 0 Å². The maximum Gasteiger partial charge on any atom is 0.106 e. The van der Waals surface area contributed by atoms with Crippen LogP contribution in [0, 0.1) is 15.2 Å². The Morgan fingerprint density at radius 2 is 2.33 bits per heavy atom. The second-order valence-electron chi connectivity index (χ2n) is 2.93. The van der Waals surface area contributed by atoms with Gasteiger partial charge in [-0.25, -0.2) is 0 Å². The first-order valence-corrected chi connectivity index (χ1v) is 5.41. The molecule has 0 atom stereocenters. The van der Waals surface area contributed by atoms with Gasteiger partial charge in [-0.15, -0.1) is 11.3 Å². The molecule has 0 spiro atoms. The number of nitrogens with one attached hydrogen (secondary N) is 1. The minimum atomic E-state index is 0.473. The van der Waals surface area contributed by atoms with Crippen LogP contribution in [0.15, 0.2) is 24.5 Å².